The highest BCUT2D eigenvalue weighted by Crippen LogP contribution is 2.26. The van der Waals surface area contributed by atoms with Crippen LogP contribution in [0.5, 0.6) is 0 Å². The van der Waals surface area contributed by atoms with Gasteiger partial charge in [0.1, 0.15) is 4.90 Å². The van der Waals surface area contributed by atoms with Gasteiger partial charge in [0.05, 0.1) is 5.69 Å². The highest BCUT2D eigenvalue weighted by molar-refractivity contribution is 9.10. The second kappa shape index (κ2) is 5.57. The Hall–Kier alpha value is -1.34. The molecule has 1 aromatic carbocycles. The van der Waals surface area contributed by atoms with Crippen LogP contribution in [-0.2, 0) is 10.0 Å². The molecule has 2 aromatic rings. The third-order valence-corrected chi connectivity index (χ3v) is 5.06. The quantitative estimate of drug-likeness (QED) is 0.904. The molecule has 1 N–H and O–H groups in total. The summed E-state index contributed by atoms with van der Waals surface area (Å²) in [6, 6.07) is 6.61. The first kappa shape index (κ1) is 15.1. The van der Waals surface area contributed by atoms with Gasteiger partial charge >= 0.3 is 0 Å². The summed E-state index contributed by atoms with van der Waals surface area (Å²) >= 11 is 3.26. The third-order valence-electron chi connectivity index (χ3n) is 2.73. The van der Waals surface area contributed by atoms with Crippen molar-refractivity contribution in [3.63, 3.8) is 0 Å². The lowest BCUT2D eigenvalue weighted by atomic mass is 10.1. The number of benzene rings is 1. The Labute approximate surface area is 126 Å². The lowest BCUT2D eigenvalue weighted by Crippen LogP contribution is -2.13. The minimum atomic E-state index is -3.70. The van der Waals surface area contributed by atoms with Crippen molar-refractivity contribution in [1.29, 1.82) is 0 Å². The number of aromatic nitrogens is 1. The van der Waals surface area contributed by atoms with Crippen LogP contribution in [-0.4, -0.2) is 13.6 Å². The molecule has 108 valence electrons. The zero-order valence-corrected chi connectivity index (χ0v) is 13.7. The van der Waals surface area contributed by atoms with Gasteiger partial charge in [-0.15, -0.1) is 0 Å². The first-order valence-electron chi connectivity index (χ1n) is 6.05. The van der Waals surface area contributed by atoms with Gasteiger partial charge in [0.25, 0.3) is 10.0 Å². The summed E-state index contributed by atoms with van der Waals surface area (Å²) in [5.74, 6) is 0.282. The zero-order valence-electron chi connectivity index (χ0n) is 11.3. The monoisotopic (exact) mass is 358 g/mol. The average molecular weight is 359 g/mol. The van der Waals surface area contributed by atoms with Crippen molar-refractivity contribution >= 4 is 31.8 Å². The summed E-state index contributed by atoms with van der Waals surface area (Å²) in [5.41, 5.74) is 1.67. The maximum atomic E-state index is 12.3. The lowest BCUT2D eigenvalue weighted by Gasteiger charge is -2.07. The molecule has 0 unspecified atom stereocenters. The molecular formula is C13H15BrN2O3S. The molecule has 1 heterocycles. The van der Waals surface area contributed by atoms with E-state index in [4.69, 9.17) is 4.52 Å². The molecule has 20 heavy (non-hydrogen) atoms. The van der Waals surface area contributed by atoms with Gasteiger partial charge in [0.2, 0.25) is 5.88 Å². The molecule has 0 aliphatic carbocycles. The number of halogens is 1. The lowest BCUT2D eigenvalue weighted by molar-refractivity contribution is 0.423. The Kier molecular flexibility index (Phi) is 4.19. The maximum Gasteiger partial charge on any atom is 0.265 e. The number of sulfonamides is 1. The molecule has 0 fully saturated rings. The molecule has 0 atom stereocenters. The van der Waals surface area contributed by atoms with Gasteiger partial charge in [-0.25, -0.2) is 13.1 Å². The van der Waals surface area contributed by atoms with E-state index in [0.29, 0.717) is 10.2 Å². The molecular weight excluding hydrogens is 344 g/mol. The van der Waals surface area contributed by atoms with Crippen LogP contribution in [0.3, 0.4) is 0 Å². The van der Waals surface area contributed by atoms with Gasteiger partial charge in [0, 0.05) is 10.5 Å². The van der Waals surface area contributed by atoms with Crippen molar-refractivity contribution < 1.29 is 12.9 Å². The normalized spacial score (nSPS) is 11.8. The van der Waals surface area contributed by atoms with E-state index in [1.807, 2.05) is 20.8 Å². The second-order valence-corrected chi connectivity index (χ2v) is 7.32. The molecule has 0 saturated carbocycles. The Bertz CT molecular complexity index is 723. The van der Waals surface area contributed by atoms with E-state index in [-0.39, 0.29) is 16.7 Å². The fourth-order valence-electron chi connectivity index (χ4n) is 1.62. The van der Waals surface area contributed by atoms with Gasteiger partial charge in [0.15, 0.2) is 0 Å². The van der Waals surface area contributed by atoms with Crippen LogP contribution < -0.4 is 4.72 Å². The molecule has 0 spiro atoms. The minimum absolute atomic E-state index is 0.112. The van der Waals surface area contributed by atoms with Gasteiger partial charge in [-0.2, -0.15) is 0 Å². The van der Waals surface area contributed by atoms with Gasteiger partial charge < -0.3 is 4.52 Å². The topological polar surface area (TPSA) is 72.2 Å². The predicted octanol–water partition coefficient (Wildman–Crippen LogP) is 3.67. The van der Waals surface area contributed by atoms with E-state index >= 15 is 0 Å². The summed E-state index contributed by atoms with van der Waals surface area (Å²) in [4.78, 5) is 0.158. The average Bonchev–Trinajstić information content (AvgIpc) is 2.76. The van der Waals surface area contributed by atoms with Crippen molar-refractivity contribution in [3.05, 3.63) is 40.0 Å². The number of nitrogens with zero attached hydrogens (tertiary/aromatic N) is 1. The molecule has 0 aliphatic heterocycles. The highest BCUT2D eigenvalue weighted by Gasteiger charge is 2.20. The number of rotatable bonds is 4. The smallest absolute Gasteiger partial charge is 0.265 e. The number of nitrogens with one attached hydrogen (secondary N) is 1. The first-order chi connectivity index (χ1) is 9.29. The van der Waals surface area contributed by atoms with Crippen LogP contribution in [0.15, 0.2) is 38.2 Å². The second-order valence-electron chi connectivity index (χ2n) is 4.81. The summed E-state index contributed by atoms with van der Waals surface area (Å²) < 4.78 is 32.5. The fraction of sp³-hybridized carbons (Fsp3) is 0.308. The molecule has 0 bridgehead atoms. The SMILES string of the molecule is Cc1ccc(S(=O)(=O)Nc2cc(C(C)C)no2)c(Br)c1. The van der Waals surface area contributed by atoms with Crippen molar-refractivity contribution in [2.24, 2.45) is 0 Å². The molecule has 0 radical (unpaired) electrons. The number of hydrogen-bond acceptors (Lipinski definition) is 4. The Balaban J connectivity index is 2.30. The molecule has 1 aromatic heterocycles. The molecule has 0 saturated heterocycles. The van der Waals surface area contributed by atoms with Crippen LogP contribution in [0.4, 0.5) is 5.88 Å². The van der Waals surface area contributed by atoms with Crippen LogP contribution >= 0.6 is 15.9 Å². The van der Waals surface area contributed by atoms with Crippen molar-refractivity contribution in [2.45, 2.75) is 31.6 Å². The summed E-state index contributed by atoms with van der Waals surface area (Å²) in [6.45, 7) is 5.79. The van der Waals surface area contributed by atoms with Gasteiger partial charge in [-0.05, 0) is 46.5 Å². The molecule has 2 rings (SSSR count). The summed E-state index contributed by atoms with van der Waals surface area (Å²) in [5, 5.41) is 3.82. The van der Waals surface area contributed by atoms with Crippen LogP contribution in [0, 0.1) is 6.92 Å². The summed E-state index contributed by atoms with van der Waals surface area (Å²) in [7, 11) is -3.70. The summed E-state index contributed by atoms with van der Waals surface area (Å²) in [6.07, 6.45) is 0. The minimum Gasteiger partial charge on any atom is -0.338 e. The van der Waals surface area contributed by atoms with Crippen molar-refractivity contribution in [1.82, 2.24) is 5.16 Å². The standard InChI is InChI=1S/C13H15BrN2O3S/c1-8(2)11-7-13(19-15-11)16-20(17,18)12-5-4-9(3)6-10(12)14/h4-8,16H,1-3H3. The third kappa shape index (κ3) is 3.21. The zero-order chi connectivity index (χ0) is 14.9. The number of hydrogen-bond donors (Lipinski definition) is 1. The van der Waals surface area contributed by atoms with E-state index in [9.17, 15) is 8.42 Å². The van der Waals surface area contributed by atoms with E-state index < -0.39 is 10.0 Å². The Morgan fingerprint density at radius 3 is 2.55 bits per heavy atom. The molecule has 0 amide bonds. The molecule has 7 heteroatoms. The first-order valence-corrected chi connectivity index (χ1v) is 8.33. The van der Waals surface area contributed by atoms with Gasteiger partial charge in [-0.3, -0.25) is 0 Å². The van der Waals surface area contributed by atoms with Gasteiger partial charge in [-0.1, -0.05) is 25.1 Å². The largest absolute Gasteiger partial charge is 0.338 e. The van der Waals surface area contributed by atoms with Crippen LogP contribution in [0.25, 0.3) is 0 Å². The highest BCUT2D eigenvalue weighted by atomic mass is 79.9. The molecule has 0 aliphatic rings. The van der Waals surface area contributed by atoms with Crippen molar-refractivity contribution in [2.75, 3.05) is 4.72 Å². The fourth-order valence-corrected chi connectivity index (χ4v) is 3.79. The van der Waals surface area contributed by atoms with Crippen molar-refractivity contribution in [3.8, 4) is 0 Å². The van der Waals surface area contributed by atoms with E-state index in [0.717, 1.165) is 5.56 Å². The number of aryl methyl sites for hydroxylation is 1. The Morgan fingerprint density at radius 2 is 2.00 bits per heavy atom. The molecule has 5 nitrogen and oxygen atoms in total. The maximum absolute atomic E-state index is 12.3. The Morgan fingerprint density at radius 1 is 1.30 bits per heavy atom. The van der Waals surface area contributed by atoms with E-state index in [1.54, 1.807) is 24.3 Å². The number of anilines is 1. The van der Waals surface area contributed by atoms with E-state index in [1.165, 1.54) is 0 Å². The van der Waals surface area contributed by atoms with Crippen LogP contribution in [0.2, 0.25) is 0 Å². The van der Waals surface area contributed by atoms with E-state index in [2.05, 4.69) is 25.8 Å². The predicted molar refractivity (Wildman–Crippen MR) is 80.3 cm³/mol. The van der Waals surface area contributed by atoms with Crippen LogP contribution in [0.1, 0.15) is 31.0 Å².